The molecule has 0 aromatic carbocycles. The summed E-state index contributed by atoms with van der Waals surface area (Å²) in [5, 5.41) is 87.1. The van der Waals surface area contributed by atoms with Gasteiger partial charge in [-0.2, -0.15) is 0 Å². The van der Waals surface area contributed by atoms with Crippen LogP contribution in [-0.4, -0.2) is 140 Å². The minimum atomic E-state index is -1.79. The minimum absolute atomic E-state index is 0.248. The van der Waals surface area contributed by atoms with Crippen LogP contribution in [0.4, 0.5) is 0 Å². The number of allylic oxidation sites excluding steroid dienone is 9. The Morgan fingerprint density at radius 3 is 1.41 bits per heavy atom. The lowest BCUT2D eigenvalue weighted by Crippen LogP contribution is -2.65. The Balaban J connectivity index is 1.78. The van der Waals surface area contributed by atoms with Gasteiger partial charge in [0.15, 0.2) is 12.6 Å². The number of amides is 1. The van der Waals surface area contributed by atoms with E-state index < -0.39 is 86.8 Å². The van der Waals surface area contributed by atoms with E-state index in [0.29, 0.717) is 6.42 Å². The summed E-state index contributed by atoms with van der Waals surface area (Å²) in [7, 11) is 0. The lowest BCUT2D eigenvalue weighted by Gasteiger charge is -2.46. The lowest BCUT2D eigenvalue weighted by molar-refractivity contribution is -0.359. The number of nitrogens with one attached hydrogen (secondary N) is 1. The molecule has 0 bridgehead atoms. The molecule has 0 aromatic heterocycles. The highest BCUT2D eigenvalue weighted by Crippen LogP contribution is 2.30. The fraction of sp³-hybridized carbons (Fsp3) is 0.820. The van der Waals surface area contributed by atoms with Gasteiger partial charge in [0.05, 0.1) is 32.0 Å². The molecule has 2 aliphatic rings. The van der Waals surface area contributed by atoms with E-state index in [2.05, 4.69) is 67.8 Å². The van der Waals surface area contributed by atoms with Crippen molar-refractivity contribution in [3.8, 4) is 0 Å². The summed E-state index contributed by atoms with van der Waals surface area (Å²) >= 11 is 0. The maximum atomic E-state index is 13.3. The average molecular weight is 1060 g/mol. The van der Waals surface area contributed by atoms with Gasteiger partial charge in [-0.25, -0.2) is 0 Å². The van der Waals surface area contributed by atoms with Gasteiger partial charge in [-0.15, -0.1) is 0 Å². The van der Waals surface area contributed by atoms with Crippen molar-refractivity contribution in [2.24, 2.45) is 0 Å². The Morgan fingerprint density at radius 1 is 0.493 bits per heavy atom. The molecule has 2 aliphatic heterocycles. The second kappa shape index (κ2) is 46.6. The first-order valence-corrected chi connectivity index (χ1v) is 30.0. The molecule has 0 aromatic rings. The van der Waals surface area contributed by atoms with Crippen molar-refractivity contribution in [3.63, 3.8) is 0 Å². The zero-order chi connectivity index (χ0) is 54.6. The van der Waals surface area contributed by atoms with Crippen LogP contribution in [0.1, 0.15) is 226 Å². The molecular weight excluding hydrogens is 955 g/mol. The number of aliphatic hydroxyl groups excluding tert-OH is 8. The predicted octanol–water partition coefficient (Wildman–Crippen LogP) is 10.2. The standard InChI is InChI=1S/C61H109NO13/c1-3-5-7-9-11-13-15-17-19-21-23-25-27-29-31-33-35-37-39-41-43-45-53(66)62-49(50(65)44-42-40-38-36-34-32-30-28-26-24-22-20-18-16-14-12-10-8-6-4-2)48-72-60-58(71)56(69)59(52(47-64)74-60)75-61-57(70)55(68)54(67)51(46-63)73-61/h5,7,11,13,17,19,23,25,42,44,49-52,54-61,63-65,67-71H,3-4,6,8-10,12,14-16,18,20-22,24,26-41,43,45-48H2,1-2H3,(H,62,66)/b7-5-,13-11-,19-17-,25-23-,44-42+. The fourth-order valence-electron chi connectivity index (χ4n) is 9.64. The van der Waals surface area contributed by atoms with Crippen LogP contribution in [0, 0.1) is 0 Å². The molecule has 14 nitrogen and oxygen atoms in total. The average Bonchev–Trinajstić information content (AvgIpc) is 3.41. The second-order valence-corrected chi connectivity index (χ2v) is 21.1. The first-order chi connectivity index (χ1) is 36.6. The SMILES string of the molecule is CC/C=C\C/C=C\C/C=C\C/C=C\CCCCCCCCCCC(=O)NC(COC1OC(CO)C(OC2OC(CO)C(O)C(O)C2O)C(O)C1O)C(O)/C=C/CCCCCCCCCCCCCCCCCCCC. The smallest absolute Gasteiger partial charge is 0.220 e. The molecule has 14 heteroatoms. The maximum Gasteiger partial charge on any atom is 0.220 e. The number of hydrogen-bond donors (Lipinski definition) is 9. The number of hydrogen-bond acceptors (Lipinski definition) is 13. The van der Waals surface area contributed by atoms with Crippen molar-refractivity contribution < 1.29 is 64.6 Å². The van der Waals surface area contributed by atoms with E-state index >= 15 is 0 Å². The van der Waals surface area contributed by atoms with Crippen LogP contribution in [0.25, 0.3) is 0 Å². The first kappa shape index (κ1) is 68.8. The Labute approximate surface area is 454 Å². The minimum Gasteiger partial charge on any atom is -0.394 e. The maximum absolute atomic E-state index is 13.3. The van der Waals surface area contributed by atoms with Gasteiger partial charge in [-0.3, -0.25) is 4.79 Å². The van der Waals surface area contributed by atoms with Crippen LogP contribution < -0.4 is 5.32 Å². The van der Waals surface area contributed by atoms with Crippen molar-refractivity contribution in [1.29, 1.82) is 0 Å². The second-order valence-electron chi connectivity index (χ2n) is 21.1. The highest BCUT2D eigenvalue weighted by atomic mass is 16.7. The molecule has 75 heavy (non-hydrogen) atoms. The summed E-state index contributed by atoms with van der Waals surface area (Å²) in [6.07, 6.45) is 42.5. The van der Waals surface area contributed by atoms with Crippen LogP contribution in [0.5, 0.6) is 0 Å². The van der Waals surface area contributed by atoms with Gasteiger partial charge < -0.3 is 65.1 Å². The molecule has 0 saturated carbocycles. The molecule has 0 radical (unpaired) electrons. The molecule has 2 heterocycles. The van der Waals surface area contributed by atoms with E-state index in [9.17, 15) is 45.6 Å². The summed E-state index contributed by atoms with van der Waals surface area (Å²) in [5.41, 5.74) is 0. The van der Waals surface area contributed by atoms with Gasteiger partial charge in [-0.1, -0.05) is 222 Å². The number of ether oxygens (including phenoxy) is 4. The monoisotopic (exact) mass is 1060 g/mol. The number of carbonyl (C=O) groups is 1. The van der Waals surface area contributed by atoms with E-state index in [1.54, 1.807) is 6.08 Å². The first-order valence-electron chi connectivity index (χ1n) is 30.0. The Hall–Kier alpha value is -2.31. The van der Waals surface area contributed by atoms with Crippen molar-refractivity contribution in [2.45, 2.75) is 299 Å². The third-order valence-electron chi connectivity index (χ3n) is 14.5. The van der Waals surface area contributed by atoms with E-state index in [1.807, 2.05) is 6.08 Å². The summed E-state index contributed by atoms with van der Waals surface area (Å²) in [6, 6.07) is -0.922. The highest BCUT2D eigenvalue weighted by Gasteiger charge is 2.51. The molecule has 12 atom stereocenters. The predicted molar refractivity (Wildman–Crippen MR) is 300 cm³/mol. The van der Waals surface area contributed by atoms with Crippen molar-refractivity contribution in [1.82, 2.24) is 5.32 Å². The van der Waals surface area contributed by atoms with Crippen LogP contribution in [0.15, 0.2) is 60.8 Å². The normalized spacial score (nSPS) is 25.5. The third-order valence-corrected chi connectivity index (χ3v) is 14.5. The largest absolute Gasteiger partial charge is 0.394 e. The molecule has 436 valence electrons. The molecule has 1 amide bonds. The Kier molecular flexibility index (Phi) is 42.7. The molecular formula is C61H109NO13. The summed E-state index contributed by atoms with van der Waals surface area (Å²) in [6.45, 7) is 2.69. The molecule has 2 rings (SSSR count). The third kappa shape index (κ3) is 32.4. The van der Waals surface area contributed by atoms with E-state index in [4.69, 9.17) is 18.9 Å². The summed E-state index contributed by atoms with van der Waals surface area (Å²) < 4.78 is 22.8. The van der Waals surface area contributed by atoms with Crippen molar-refractivity contribution in [3.05, 3.63) is 60.8 Å². The van der Waals surface area contributed by atoms with E-state index in [1.165, 1.54) is 128 Å². The van der Waals surface area contributed by atoms with Gasteiger partial charge in [0.25, 0.3) is 0 Å². The van der Waals surface area contributed by atoms with Crippen LogP contribution in [-0.2, 0) is 23.7 Å². The van der Waals surface area contributed by atoms with Gasteiger partial charge in [0.2, 0.25) is 5.91 Å². The number of aliphatic hydroxyl groups is 8. The molecule has 0 spiro atoms. The van der Waals surface area contributed by atoms with Crippen molar-refractivity contribution in [2.75, 3.05) is 19.8 Å². The van der Waals surface area contributed by atoms with E-state index in [0.717, 1.165) is 70.6 Å². The summed E-state index contributed by atoms with van der Waals surface area (Å²) in [5.74, 6) is -0.248. The zero-order valence-corrected chi connectivity index (χ0v) is 46.8. The summed E-state index contributed by atoms with van der Waals surface area (Å²) in [4.78, 5) is 13.3. The van der Waals surface area contributed by atoms with Crippen molar-refractivity contribution >= 4 is 5.91 Å². The quantitative estimate of drug-likeness (QED) is 0.0204. The molecule has 12 unspecified atom stereocenters. The van der Waals surface area contributed by atoms with Gasteiger partial charge >= 0.3 is 0 Å². The molecule has 0 aliphatic carbocycles. The van der Waals surface area contributed by atoms with Crippen LogP contribution in [0.2, 0.25) is 0 Å². The Morgan fingerprint density at radius 2 is 0.920 bits per heavy atom. The lowest BCUT2D eigenvalue weighted by atomic mass is 9.97. The van der Waals surface area contributed by atoms with Crippen LogP contribution >= 0.6 is 0 Å². The molecule has 2 saturated heterocycles. The van der Waals surface area contributed by atoms with Gasteiger partial charge in [0, 0.05) is 6.42 Å². The number of unbranched alkanes of at least 4 members (excludes halogenated alkanes) is 26. The Bertz CT molecular complexity index is 1490. The number of carbonyl (C=O) groups excluding carboxylic acids is 1. The highest BCUT2D eigenvalue weighted by molar-refractivity contribution is 5.76. The van der Waals surface area contributed by atoms with Gasteiger partial charge in [0.1, 0.15) is 48.8 Å². The zero-order valence-electron chi connectivity index (χ0n) is 46.8. The number of rotatable bonds is 47. The van der Waals surface area contributed by atoms with Gasteiger partial charge in [-0.05, 0) is 57.8 Å². The van der Waals surface area contributed by atoms with E-state index in [-0.39, 0.29) is 18.9 Å². The topological polar surface area (TPSA) is 228 Å². The molecule has 2 fully saturated rings. The van der Waals surface area contributed by atoms with Crippen LogP contribution in [0.3, 0.4) is 0 Å². The fourth-order valence-corrected chi connectivity index (χ4v) is 9.64. The molecule has 9 N–H and O–H groups in total.